The van der Waals surface area contributed by atoms with Gasteiger partial charge in [0.15, 0.2) is 0 Å². The van der Waals surface area contributed by atoms with E-state index in [0.29, 0.717) is 5.56 Å². The summed E-state index contributed by atoms with van der Waals surface area (Å²) in [6, 6.07) is 12.9. The van der Waals surface area contributed by atoms with Gasteiger partial charge in [0, 0.05) is 6.42 Å². The van der Waals surface area contributed by atoms with Crippen molar-refractivity contribution >= 4 is 29.6 Å². The number of phenolic OH excluding ortho intramolecular Hbond substituents is 1. The van der Waals surface area contributed by atoms with Crippen molar-refractivity contribution in [3.05, 3.63) is 65.7 Å². The van der Waals surface area contributed by atoms with E-state index in [2.05, 4.69) is 21.3 Å². The monoisotopic (exact) mass is 527 g/mol. The summed E-state index contributed by atoms with van der Waals surface area (Å²) in [6.45, 7) is 1.85. The Labute approximate surface area is 220 Å². The average Bonchev–Trinajstić information content (AvgIpc) is 2.87. The van der Waals surface area contributed by atoms with Gasteiger partial charge in [0.1, 0.15) is 24.4 Å². The number of hydrogen-bond donors (Lipinski definition) is 7. The Morgan fingerprint density at radius 2 is 1.47 bits per heavy atom. The summed E-state index contributed by atoms with van der Waals surface area (Å²) in [7, 11) is 0. The van der Waals surface area contributed by atoms with E-state index < -0.39 is 60.3 Å². The van der Waals surface area contributed by atoms with Gasteiger partial charge in [-0.15, -0.1) is 0 Å². The molecule has 2 aromatic rings. The maximum absolute atomic E-state index is 12.7. The fourth-order valence-corrected chi connectivity index (χ4v) is 3.46. The molecule has 38 heavy (non-hydrogen) atoms. The van der Waals surface area contributed by atoms with Crippen molar-refractivity contribution in [2.75, 3.05) is 13.1 Å². The fourth-order valence-electron chi connectivity index (χ4n) is 3.46. The van der Waals surface area contributed by atoms with Crippen LogP contribution in [0.5, 0.6) is 5.75 Å². The number of nitrogens with one attached hydrogen (secondary N) is 4. The highest BCUT2D eigenvalue weighted by molar-refractivity contribution is 5.94. The van der Waals surface area contributed by atoms with E-state index in [1.807, 2.05) is 0 Å². The number of nitrogens with two attached hydrogens (primary N) is 1. The number of aliphatic carboxylic acids is 1. The molecule has 0 spiro atoms. The summed E-state index contributed by atoms with van der Waals surface area (Å²) < 4.78 is 0. The Kier molecular flexibility index (Phi) is 10.8. The second-order valence-corrected chi connectivity index (χ2v) is 9.10. The average molecular weight is 528 g/mol. The molecule has 0 unspecified atom stereocenters. The van der Waals surface area contributed by atoms with Crippen molar-refractivity contribution in [3.63, 3.8) is 0 Å². The minimum absolute atomic E-state index is 0.0820. The number of carboxylic acid groups (broad SMARTS) is 1. The first-order valence-corrected chi connectivity index (χ1v) is 11.9. The van der Waals surface area contributed by atoms with Gasteiger partial charge in [-0.25, -0.2) is 0 Å². The maximum atomic E-state index is 12.7. The second-order valence-electron chi connectivity index (χ2n) is 9.10. The van der Waals surface area contributed by atoms with E-state index >= 15 is 0 Å². The van der Waals surface area contributed by atoms with Crippen molar-refractivity contribution < 1.29 is 34.2 Å². The largest absolute Gasteiger partial charge is 0.508 e. The fraction of sp³-hybridized carbons (Fsp3) is 0.346. The summed E-state index contributed by atoms with van der Waals surface area (Å²) in [4.78, 5) is 60.9. The summed E-state index contributed by atoms with van der Waals surface area (Å²) in [5.41, 5.74) is 6.25. The first kappa shape index (κ1) is 29.8. The van der Waals surface area contributed by atoms with E-state index in [0.717, 1.165) is 5.56 Å². The number of aromatic hydroxyl groups is 1. The number of amides is 4. The third-order valence-corrected chi connectivity index (χ3v) is 5.54. The smallest absolute Gasteiger partial charge is 0.322 e. The predicted octanol–water partition coefficient (Wildman–Crippen LogP) is -0.799. The van der Waals surface area contributed by atoms with Crippen molar-refractivity contribution in [3.8, 4) is 5.75 Å². The molecule has 0 saturated carbocycles. The topological polar surface area (TPSA) is 200 Å². The predicted molar refractivity (Wildman–Crippen MR) is 138 cm³/mol. The van der Waals surface area contributed by atoms with E-state index in [1.165, 1.54) is 26.0 Å². The van der Waals surface area contributed by atoms with Gasteiger partial charge in [0.05, 0.1) is 12.1 Å². The highest BCUT2D eigenvalue weighted by atomic mass is 16.4. The Morgan fingerprint density at radius 3 is 2.08 bits per heavy atom. The number of carbonyl (C=O) groups is 5. The van der Waals surface area contributed by atoms with Gasteiger partial charge in [-0.1, -0.05) is 42.5 Å². The molecule has 2 rings (SSSR count). The molecular formula is C26H33N5O7. The van der Waals surface area contributed by atoms with Crippen molar-refractivity contribution in [1.82, 2.24) is 21.3 Å². The summed E-state index contributed by atoms with van der Waals surface area (Å²) >= 11 is 0. The maximum Gasteiger partial charge on any atom is 0.322 e. The van der Waals surface area contributed by atoms with E-state index in [4.69, 9.17) is 10.8 Å². The summed E-state index contributed by atoms with van der Waals surface area (Å²) in [6.07, 6.45) is 0.261. The van der Waals surface area contributed by atoms with E-state index in [9.17, 15) is 29.1 Å². The zero-order valence-electron chi connectivity index (χ0n) is 21.2. The molecule has 12 heteroatoms. The van der Waals surface area contributed by atoms with Crippen LogP contribution in [0.4, 0.5) is 0 Å². The molecular weight excluding hydrogens is 494 g/mol. The van der Waals surface area contributed by atoms with Crippen LogP contribution in [-0.4, -0.2) is 70.5 Å². The van der Waals surface area contributed by atoms with Crippen LogP contribution in [0.2, 0.25) is 0 Å². The third kappa shape index (κ3) is 9.90. The van der Waals surface area contributed by atoms with Gasteiger partial charge in [-0.3, -0.25) is 24.0 Å². The SMILES string of the molecule is C[C@H](NC(=O)[C@@](C)(N)Cc1ccc(O)cc1)C(=O)NCC(=O)N[C@@H](Cc1ccccc1)C(=O)NCC(=O)O. The molecule has 2 aromatic carbocycles. The lowest BCUT2D eigenvalue weighted by molar-refractivity contribution is -0.138. The van der Waals surface area contributed by atoms with Crippen LogP contribution in [0.1, 0.15) is 25.0 Å². The van der Waals surface area contributed by atoms with E-state index in [-0.39, 0.29) is 18.6 Å². The number of rotatable bonds is 13. The molecule has 0 aliphatic carbocycles. The molecule has 0 aliphatic heterocycles. The lowest BCUT2D eigenvalue weighted by Gasteiger charge is -2.26. The third-order valence-electron chi connectivity index (χ3n) is 5.54. The van der Waals surface area contributed by atoms with Gasteiger partial charge in [0.25, 0.3) is 0 Å². The Hall–Kier alpha value is -4.45. The van der Waals surface area contributed by atoms with Crippen molar-refractivity contribution in [2.45, 2.75) is 44.3 Å². The van der Waals surface area contributed by atoms with Crippen molar-refractivity contribution in [2.24, 2.45) is 5.73 Å². The molecule has 4 amide bonds. The molecule has 0 radical (unpaired) electrons. The molecule has 0 aliphatic rings. The summed E-state index contributed by atoms with van der Waals surface area (Å²) in [5.74, 6) is -3.76. The zero-order valence-corrected chi connectivity index (χ0v) is 21.2. The highest BCUT2D eigenvalue weighted by Crippen LogP contribution is 2.15. The van der Waals surface area contributed by atoms with Crippen LogP contribution in [0.25, 0.3) is 0 Å². The number of carboxylic acids is 1. The molecule has 0 bridgehead atoms. The Balaban J connectivity index is 1.90. The van der Waals surface area contributed by atoms with E-state index in [1.54, 1.807) is 42.5 Å². The molecule has 0 saturated heterocycles. The molecule has 0 fully saturated rings. The lowest BCUT2D eigenvalue weighted by Crippen LogP contribution is -2.58. The number of phenols is 1. The highest BCUT2D eigenvalue weighted by Gasteiger charge is 2.31. The van der Waals surface area contributed by atoms with Crippen LogP contribution in [0, 0.1) is 0 Å². The molecule has 0 heterocycles. The normalized spacial score (nSPS) is 13.8. The van der Waals surface area contributed by atoms with Gasteiger partial charge < -0.3 is 37.2 Å². The van der Waals surface area contributed by atoms with Gasteiger partial charge >= 0.3 is 5.97 Å². The van der Waals surface area contributed by atoms with Gasteiger partial charge in [0.2, 0.25) is 23.6 Å². The minimum atomic E-state index is -1.35. The second kappa shape index (κ2) is 13.7. The van der Waals surface area contributed by atoms with Crippen LogP contribution < -0.4 is 27.0 Å². The van der Waals surface area contributed by atoms with Crippen LogP contribution in [-0.2, 0) is 36.8 Å². The minimum Gasteiger partial charge on any atom is -0.508 e. The van der Waals surface area contributed by atoms with Crippen LogP contribution >= 0.6 is 0 Å². The van der Waals surface area contributed by atoms with Gasteiger partial charge in [-0.2, -0.15) is 0 Å². The molecule has 0 aromatic heterocycles. The first-order valence-electron chi connectivity index (χ1n) is 11.9. The zero-order chi connectivity index (χ0) is 28.3. The van der Waals surface area contributed by atoms with Crippen molar-refractivity contribution in [1.29, 1.82) is 0 Å². The lowest BCUT2D eigenvalue weighted by atomic mass is 9.92. The molecule has 12 nitrogen and oxygen atoms in total. The molecule has 3 atom stereocenters. The Morgan fingerprint density at radius 1 is 0.868 bits per heavy atom. The molecule has 204 valence electrons. The number of benzene rings is 2. The van der Waals surface area contributed by atoms with Crippen LogP contribution in [0.3, 0.4) is 0 Å². The quantitative estimate of drug-likeness (QED) is 0.175. The standard InChI is InChI=1S/C26H33N5O7/c1-16(30-25(38)26(2,27)13-18-8-10-19(32)11-9-18)23(36)28-14-21(33)31-20(24(37)29-15-22(34)35)12-17-6-4-3-5-7-17/h3-11,16,20,32H,12-15,27H2,1-2H3,(H,28,36)(H,29,37)(H,30,38)(H,31,33)(H,34,35)/t16-,20-,26-/m0/s1. The number of carbonyl (C=O) groups excluding carboxylic acids is 4. The van der Waals surface area contributed by atoms with Gasteiger partial charge in [-0.05, 0) is 43.5 Å². The number of hydrogen-bond acceptors (Lipinski definition) is 7. The first-order chi connectivity index (χ1) is 17.9. The molecule has 8 N–H and O–H groups in total. The van der Waals surface area contributed by atoms with Crippen LogP contribution in [0.15, 0.2) is 54.6 Å². The summed E-state index contributed by atoms with van der Waals surface area (Å²) in [5, 5.41) is 27.8. The Bertz CT molecular complexity index is 1140.